The van der Waals surface area contributed by atoms with Crippen LogP contribution in [-0.2, 0) is 0 Å². The van der Waals surface area contributed by atoms with E-state index in [0.717, 1.165) is 5.56 Å². The first-order valence-corrected chi connectivity index (χ1v) is 5.55. The minimum atomic E-state index is 0.110. The van der Waals surface area contributed by atoms with Crippen molar-refractivity contribution in [2.24, 2.45) is 0 Å². The van der Waals surface area contributed by atoms with Crippen LogP contribution in [-0.4, -0.2) is 18.2 Å². The Morgan fingerprint density at radius 2 is 2.21 bits per heavy atom. The number of carbonyl (C=O) groups excluding carboxylic acids is 1. The van der Waals surface area contributed by atoms with Crippen LogP contribution in [0.3, 0.4) is 0 Å². The van der Waals surface area contributed by atoms with Crippen LogP contribution in [0.4, 0.5) is 0 Å². The minimum absolute atomic E-state index is 0.110. The van der Waals surface area contributed by atoms with Crippen molar-refractivity contribution in [2.75, 3.05) is 12.4 Å². The molecule has 1 aromatic rings. The monoisotopic (exact) mass is 256 g/mol. The molecule has 0 atom stereocenters. The standard InChI is InChI=1S/C11H13BrO2/c1-8-3-4-9(10(13)5-6-12)11(7-8)14-2/h3-4,7H,5-6H2,1-2H3. The van der Waals surface area contributed by atoms with Gasteiger partial charge in [-0.3, -0.25) is 4.79 Å². The molecule has 0 fully saturated rings. The molecule has 0 N–H and O–H groups in total. The van der Waals surface area contributed by atoms with Crippen LogP contribution < -0.4 is 4.74 Å². The molecule has 0 aliphatic rings. The van der Waals surface area contributed by atoms with E-state index in [1.807, 2.05) is 25.1 Å². The molecule has 0 saturated carbocycles. The fraction of sp³-hybridized carbons (Fsp3) is 0.364. The van der Waals surface area contributed by atoms with Crippen molar-refractivity contribution >= 4 is 21.7 Å². The van der Waals surface area contributed by atoms with E-state index in [0.29, 0.717) is 23.1 Å². The van der Waals surface area contributed by atoms with Gasteiger partial charge in [0.15, 0.2) is 5.78 Å². The van der Waals surface area contributed by atoms with E-state index < -0.39 is 0 Å². The second-order valence-electron chi connectivity index (χ2n) is 3.07. The third-order valence-electron chi connectivity index (χ3n) is 1.98. The summed E-state index contributed by atoms with van der Waals surface area (Å²) in [4.78, 5) is 11.6. The largest absolute Gasteiger partial charge is 0.496 e. The maximum atomic E-state index is 11.6. The molecule has 1 aromatic carbocycles. The Kier molecular flexibility index (Phi) is 4.14. The minimum Gasteiger partial charge on any atom is -0.496 e. The maximum Gasteiger partial charge on any atom is 0.167 e. The predicted octanol–water partition coefficient (Wildman–Crippen LogP) is 2.97. The van der Waals surface area contributed by atoms with E-state index in [9.17, 15) is 4.79 Å². The fourth-order valence-corrected chi connectivity index (χ4v) is 1.61. The number of ether oxygens (including phenoxy) is 1. The van der Waals surface area contributed by atoms with Crippen LogP contribution >= 0.6 is 15.9 Å². The molecular formula is C11H13BrO2. The number of rotatable bonds is 4. The van der Waals surface area contributed by atoms with Crippen molar-refractivity contribution in [3.63, 3.8) is 0 Å². The zero-order valence-electron chi connectivity index (χ0n) is 8.34. The Labute approximate surface area is 92.4 Å². The Hall–Kier alpha value is -0.830. The second-order valence-corrected chi connectivity index (χ2v) is 3.86. The maximum absolute atomic E-state index is 11.6. The molecule has 0 amide bonds. The van der Waals surface area contributed by atoms with Gasteiger partial charge >= 0.3 is 0 Å². The molecule has 0 aliphatic heterocycles. The van der Waals surface area contributed by atoms with Crippen LogP contribution in [0.5, 0.6) is 5.75 Å². The number of aryl methyl sites for hydroxylation is 1. The van der Waals surface area contributed by atoms with E-state index in [-0.39, 0.29) is 5.78 Å². The fourth-order valence-electron chi connectivity index (χ4n) is 1.25. The number of Topliss-reactive ketones (excluding diaryl/α,β-unsaturated/α-hetero) is 1. The number of hydrogen-bond donors (Lipinski definition) is 0. The molecule has 0 unspecified atom stereocenters. The van der Waals surface area contributed by atoms with Crippen molar-refractivity contribution < 1.29 is 9.53 Å². The van der Waals surface area contributed by atoms with Gasteiger partial charge in [0, 0.05) is 11.8 Å². The van der Waals surface area contributed by atoms with Crippen molar-refractivity contribution in [1.29, 1.82) is 0 Å². The Morgan fingerprint density at radius 3 is 2.79 bits per heavy atom. The van der Waals surface area contributed by atoms with E-state index in [4.69, 9.17) is 4.74 Å². The van der Waals surface area contributed by atoms with Gasteiger partial charge in [0.2, 0.25) is 0 Å². The lowest BCUT2D eigenvalue weighted by molar-refractivity contribution is 0.0987. The normalized spacial score (nSPS) is 9.93. The van der Waals surface area contributed by atoms with Gasteiger partial charge in [-0.25, -0.2) is 0 Å². The zero-order chi connectivity index (χ0) is 10.6. The molecule has 1 rings (SSSR count). The van der Waals surface area contributed by atoms with Crippen LogP contribution in [0.1, 0.15) is 22.3 Å². The molecule has 0 radical (unpaired) electrons. The van der Waals surface area contributed by atoms with Gasteiger partial charge in [0.25, 0.3) is 0 Å². The zero-order valence-corrected chi connectivity index (χ0v) is 9.93. The third-order valence-corrected chi connectivity index (χ3v) is 2.38. The number of methoxy groups -OCH3 is 1. The quantitative estimate of drug-likeness (QED) is 0.612. The topological polar surface area (TPSA) is 26.3 Å². The summed E-state index contributed by atoms with van der Waals surface area (Å²) in [5, 5.41) is 0.683. The SMILES string of the molecule is COc1cc(C)ccc1C(=O)CCBr. The van der Waals surface area contributed by atoms with Gasteiger partial charge in [-0.05, 0) is 24.6 Å². The Balaban J connectivity index is 3.01. The Bertz CT molecular complexity index is 334. The highest BCUT2D eigenvalue weighted by molar-refractivity contribution is 9.09. The van der Waals surface area contributed by atoms with E-state index in [1.165, 1.54) is 0 Å². The average molecular weight is 257 g/mol. The van der Waals surface area contributed by atoms with Gasteiger partial charge in [-0.15, -0.1) is 0 Å². The van der Waals surface area contributed by atoms with Crippen molar-refractivity contribution in [3.05, 3.63) is 29.3 Å². The average Bonchev–Trinajstić information content (AvgIpc) is 2.17. The highest BCUT2D eigenvalue weighted by Gasteiger charge is 2.10. The van der Waals surface area contributed by atoms with Crippen LogP contribution in [0.2, 0.25) is 0 Å². The van der Waals surface area contributed by atoms with Crippen LogP contribution in [0, 0.1) is 6.92 Å². The third kappa shape index (κ3) is 2.58. The number of halogens is 1. The van der Waals surface area contributed by atoms with Gasteiger partial charge < -0.3 is 4.74 Å². The lowest BCUT2D eigenvalue weighted by atomic mass is 10.1. The summed E-state index contributed by atoms with van der Waals surface area (Å²) in [6, 6.07) is 5.62. The summed E-state index contributed by atoms with van der Waals surface area (Å²) in [6.45, 7) is 1.97. The van der Waals surface area contributed by atoms with E-state index in [1.54, 1.807) is 7.11 Å². The van der Waals surface area contributed by atoms with Crippen LogP contribution in [0.25, 0.3) is 0 Å². The molecule has 76 valence electrons. The van der Waals surface area contributed by atoms with Crippen molar-refractivity contribution in [2.45, 2.75) is 13.3 Å². The summed E-state index contributed by atoms with van der Waals surface area (Å²) >= 11 is 3.25. The Morgan fingerprint density at radius 1 is 1.50 bits per heavy atom. The molecular weight excluding hydrogens is 244 g/mol. The first-order valence-electron chi connectivity index (χ1n) is 4.43. The molecule has 0 spiro atoms. The number of carbonyl (C=O) groups is 1. The van der Waals surface area contributed by atoms with Gasteiger partial charge in [0.1, 0.15) is 5.75 Å². The van der Waals surface area contributed by atoms with Crippen molar-refractivity contribution in [3.8, 4) is 5.75 Å². The molecule has 2 nitrogen and oxygen atoms in total. The lowest BCUT2D eigenvalue weighted by Gasteiger charge is -2.07. The second kappa shape index (κ2) is 5.15. The van der Waals surface area contributed by atoms with Gasteiger partial charge in [0.05, 0.1) is 12.7 Å². The first kappa shape index (κ1) is 11.2. The number of alkyl halides is 1. The highest BCUT2D eigenvalue weighted by atomic mass is 79.9. The summed E-state index contributed by atoms with van der Waals surface area (Å²) < 4.78 is 5.16. The van der Waals surface area contributed by atoms with E-state index >= 15 is 0 Å². The molecule has 0 aliphatic carbocycles. The number of hydrogen-bond acceptors (Lipinski definition) is 2. The van der Waals surface area contributed by atoms with Crippen molar-refractivity contribution in [1.82, 2.24) is 0 Å². The summed E-state index contributed by atoms with van der Waals surface area (Å²) in [5.74, 6) is 0.773. The molecule has 0 bridgehead atoms. The van der Waals surface area contributed by atoms with Gasteiger partial charge in [-0.2, -0.15) is 0 Å². The van der Waals surface area contributed by atoms with E-state index in [2.05, 4.69) is 15.9 Å². The predicted molar refractivity (Wildman–Crippen MR) is 60.5 cm³/mol. The van der Waals surface area contributed by atoms with Crippen LogP contribution in [0.15, 0.2) is 18.2 Å². The molecule has 0 saturated heterocycles. The summed E-state index contributed by atoms with van der Waals surface area (Å²) in [5.41, 5.74) is 1.76. The number of benzene rings is 1. The molecule has 0 heterocycles. The first-order chi connectivity index (χ1) is 6.69. The molecule has 3 heteroatoms. The summed E-state index contributed by atoms with van der Waals surface area (Å²) in [7, 11) is 1.58. The lowest BCUT2D eigenvalue weighted by Crippen LogP contribution is -2.02. The number of ketones is 1. The highest BCUT2D eigenvalue weighted by Crippen LogP contribution is 2.21. The van der Waals surface area contributed by atoms with Gasteiger partial charge in [-0.1, -0.05) is 22.0 Å². The molecule has 14 heavy (non-hydrogen) atoms. The molecule has 0 aromatic heterocycles. The smallest absolute Gasteiger partial charge is 0.167 e. The summed E-state index contributed by atoms with van der Waals surface area (Å²) in [6.07, 6.45) is 0.499.